The van der Waals surface area contributed by atoms with Gasteiger partial charge in [-0.05, 0) is 63.9 Å². The van der Waals surface area contributed by atoms with Crippen molar-refractivity contribution >= 4 is 21.6 Å². The number of carbonyl (C=O) groups is 1. The Balaban J connectivity index is 1.92. The molecule has 2 aromatic rings. The third kappa shape index (κ3) is 9.76. The third-order valence-corrected chi connectivity index (χ3v) is 7.75. The van der Waals surface area contributed by atoms with Gasteiger partial charge < -0.3 is 19.5 Å². The quantitative estimate of drug-likeness (QED) is 0.490. The van der Waals surface area contributed by atoms with E-state index < -0.39 is 16.1 Å². The van der Waals surface area contributed by atoms with Gasteiger partial charge in [-0.2, -0.15) is 0 Å². The number of nitrogens with zero attached hydrogens (tertiary/aromatic N) is 2. The molecule has 2 aromatic carbocycles. The Morgan fingerprint density at radius 2 is 1.88 bits per heavy atom. The molecule has 1 aliphatic rings. The number of likely N-dealkylation sites (N-methyl/N-ethyl adjacent to an activating group) is 1. The molecule has 2 N–H and O–H groups in total. The van der Waals surface area contributed by atoms with Crippen LogP contribution in [-0.2, 0) is 21.3 Å². The number of aliphatic hydroxyl groups is 1. The second-order valence-electron chi connectivity index (χ2n) is 11.1. The Morgan fingerprint density at radius 3 is 2.55 bits per heavy atom. The van der Waals surface area contributed by atoms with Gasteiger partial charge in [-0.15, -0.1) is 0 Å². The van der Waals surface area contributed by atoms with Crippen molar-refractivity contribution in [3.8, 4) is 5.75 Å². The molecule has 0 aromatic heterocycles. The number of hydrogen-bond donors (Lipinski definition) is 2. The molecule has 0 spiro atoms. The molecule has 1 aliphatic heterocycles. The summed E-state index contributed by atoms with van der Waals surface area (Å²) in [6.45, 7) is 8.04. The van der Waals surface area contributed by atoms with E-state index in [0.29, 0.717) is 25.4 Å². The maximum absolute atomic E-state index is 14.1. The summed E-state index contributed by atoms with van der Waals surface area (Å²) in [6, 6.07) is 14.5. The molecule has 40 heavy (non-hydrogen) atoms. The fraction of sp³-hybridized carbons (Fsp3) is 0.567. The molecule has 0 radical (unpaired) electrons. The van der Waals surface area contributed by atoms with Gasteiger partial charge in [0.1, 0.15) is 5.75 Å². The molecule has 10 heteroatoms. The second-order valence-corrected chi connectivity index (χ2v) is 12.8. The summed E-state index contributed by atoms with van der Waals surface area (Å²) in [5.74, 6) is 0.0210. The van der Waals surface area contributed by atoms with Crippen LogP contribution in [0.2, 0.25) is 0 Å². The average molecular weight is 576 g/mol. The van der Waals surface area contributed by atoms with Gasteiger partial charge in [0, 0.05) is 37.8 Å². The summed E-state index contributed by atoms with van der Waals surface area (Å²) >= 11 is 0. The SMILES string of the molecule is C[C@@H]1CCCCO[C@H](CN(C)Cc2ccccc2)[C@@H](C)CN([C@H](C)CO)C(=O)c2cc(NS(C)(=O)=O)ccc2O1. The number of fused-ring (bicyclic) bond motifs is 1. The fourth-order valence-electron chi connectivity index (χ4n) is 4.93. The van der Waals surface area contributed by atoms with Crippen molar-refractivity contribution in [3.63, 3.8) is 0 Å². The first kappa shape index (κ1) is 31.9. The van der Waals surface area contributed by atoms with E-state index in [4.69, 9.17) is 9.47 Å². The Bertz CT molecular complexity index is 1190. The predicted octanol–water partition coefficient (Wildman–Crippen LogP) is 3.99. The van der Waals surface area contributed by atoms with Crippen LogP contribution in [0.15, 0.2) is 48.5 Å². The van der Waals surface area contributed by atoms with E-state index in [1.807, 2.05) is 25.1 Å². The van der Waals surface area contributed by atoms with E-state index >= 15 is 0 Å². The number of sulfonamides is 1. The van der Waals surface area contributed by atoms with Crippen LogP contribution in [-0.4, -0.2) is 87.1 Å². The highest BCUT2D eigenvalue weighted by Gasteiger charge is 2.30. The standard InChI is InChI=1S/C30H45N3O6S/c1-22-18-33(23(2)21-34)30(35)27-17-26(31-40(5,36)37)14-15-28(27)39-24(3)11-9-10-16-38-29(22)20-32(4)19-25-12-7-6-8-13-25/h6-8,12-15,17,22-24,29,31,34H,9-11,16,18-21H2,1-5H3/t22-,23+,24+,29+/m0/s1. The molecule has 1 heterocycles. The zero-order chi connectivity index (χ0) is 29.3. The maximum Gasteiger partial charge on any atom is 0.258 e. The average Bonchev–Trinajstić information content (AvgIpc) is 2.90. The number of anilines is 1. The van der Waals surface area contributed by atoms with Crippen LogP contribution >= 0.6 is 0 Å². The predicted molar refractivity (Wildman–Crippen MR) is 158 cm³/mol. The number of nitrogens with one attached hydrogen (secondary N) is 1. The number of aliphatic hydroxyl groups excluding tert-OH is 1. The number of amides is 1. The molecular formula is C30H45N3O6S. The summed E-state index contributed by atoms with van der Waals surface area (Å²) in [6.07, 6.45) is 3.36. The van der Waals surface area contributed by atoms with Crippen LogP contribution in [0.1, 0.15) is 56.0 Å². The van der Waals surface area contributed by atoms with E-state index in [0.717, 1.165) is 32.1 Å². The van der Waals surface area contributed by atoms with E-state index in [1.54, 1.807) is 24.0 Å². The molecule has 0 aliphatic carbocycles. The molecule has 0 bridgehead atoms. The van der Waals surface area contributed by atoms with Crippen LogP contribution in [0.5, 0.6) is 5.75 Å². The second kappa shape index (κ2) is 14.8. The monoisotopic (exact) mass is 575 g/mol. The first-order valence-corrected chi connectivity index (χ1v) is 15.9. The van der Waals surface area contributed by atoms with Crippen LogP contribution in [0, 0.1) is 5.92 Å². The fourth-order valence-corrected chi connectivity index (χ4v) is 5.48. The third-order valence-electron chi connectivity index (χ3n) is 7.14. The maximum atomic E-state index is 14.1. The van der Waals surface area contributed by atoms with Crippen LogP contribution in [0.3, 0.4) is 0 Å². The largest absolute Gasteiger partial charge is 0.490 e. The van der Waals surface area contributed by atoms with Gasteiger partial charge >= 0.3 is 0 Å². The van der Waals surface area contributed by atoms with E-state index in [1.165, 1.54) is 11.6 Å². The van der Waals surface area contributed by atoms with Gasteiger partial charge in [0.25, 0.3) is 5.91 Å². The van der Waals surface area contributed by atoms with Gasteiger partial charge in [0.2, 0.25) is 10.0 Å². The molecular weight excluding hydrogens is 530 g/mol. The topological polar surface area (TPSA) is 108 Å². The number of hydrogen-bond acceptors (Lipinski definition) is 7. The summed E-state index contributed by atoms with van der Waals surface area (Å²) in [7, 11) is -1.47. The van der Waals surface area contributed by atoms with Crippen molar-refractivity contribution in [1.29, 1.82) is 0 Å². The van der Waals surface area contributed by atoms with E-state index in [2.05, 4.69) is 35.7 Å². The minimum absolute atomic E-state index is 0.0419. The lowest BCUT2D eigenvalue weighted by atomic mass is 10.0. The summed E-state index contributed by atoms with van der Waals surface area (Å²) in [5, 5.41) is 10.1. The molecule has 0 fully saturated rings. The molecule has 3 rings (SSSR count). The van der Waals surface area contributed by atoms with Crippen LogP contribution in [0.25, 0.3) is 0 Å². The van der Waals surface area contributed by atoms with Crippen LogP contribution in [0.4, 0.5) is 5.69 Å². The summed E-state index contributed by atoms with van der Waals surface area (Å²) < 4.78 is 38.8. The molecule has 222 valence electrons. The van der Waals surface area contributed by atoms with Crippen molar-refractivity contribution in [2.75, 3.05) is 44.3 Å². The normalized spacial score (nSPS) is 22.2. The lowest BCUT2D eigenvalue weighted by molar-refractivity contribution is -0.0177. The highest BCUT2D eigenvalue weighted by atomic mass is 32.2. The minimum atomic E-state index is -3.54. The van der Waals surface area contributed by atoms with Crippen molar-refractivity contribution in [3.05, 3.63) is 59.7 Å². The Morgan fingerprint density at radius 1 is 1.15 bits per heavy atom. The lowest BCUT2D eigenvalue weighted by Gasteiger charge is -2.36. The molecule has 0 unspecified atom stereocenters. The number of rotatable bonds is 8. The molecule has 1 amide bonds. The minimum Gasteiger partial charge on any atom is -0.490 e. The van der Waals surface area contributed by atoms with Crippen molar-refractivity contribution < 1.29 is 27.8 Å². The van der Waals surface area contributed by atoms with Gasteiger partial charge in [-0.25, -0.2) is 8.42 Å². The Labute approximate surface area is 239 Å². The van der Waals surface area contributed by atoms with Crippen molar-refractivity contribution in [2.45, 2.75) is 64.8 Å². The highest BCUT2D eigenvalue weighted by Crippen LogP contribution is 2.29. The Kier molecular flexibility index (Phi) is 11.8. The zero-order valence-corrected chi connectivity index (χ0v) is 25.2. The molecule has 9 nitrogen and oxygen atoms in total. The van der Waals surface area contributed by atoms with Crippen molar-refractivity contribution in [2.24, 2.45) is 5.92 Å². The van der Waals surface area contributed by atoms with Gasteiger partial charge in [-0.3, -0.25) is 14.4 Å². The lowest BCUT2D eigenvalue weighted by Crippen LogP contribution is -2.47. The molecule has 4 atom stereocenters. The number of ether oxygens (including phenoxy) is 2. The summed E-state index contributed by atoms with van der Waals surface area (Å²) in [4.78, 5) is 17.9. The van der Waals surface area contributed by atoms with Gasteiger partial charge in [-0.1, -0.05) is 37.3 Å². The van der Waals surface area contributed by atoms with Crippen molar-refractivity contribution in [1.82, 2.24) is 9.80 Å². The summed E-state index contributed by atoms with van der Waals surface area (Å²) in [5.41, 5.74) is 1.75. The van der Waals surface area contributed by atoms with Gasteiger partial charge in [0.15, 0.2) is 0 Å². The number of benzene rings is 2. The number of carbonyl (C=O) groups excluding carboxylic acids is 1. The molecule has 0 saturated carbocycles. The smallest absolute Gasteiger partial charge is 0.258 e. The Hall–Kier alpha value is -2.66. The van der Waals surface area contributed by atoms with Crippen LogP contribution < -0.4 is 9.46 Å². The molecule has 0 saturated heterocycles. The zero-order valence-electron chi connectivity index (χ0n) is 24.4. The van der Waals surface area contributed by atoms with E-state index in [-0.39, 0.29) is 41.9 Å². The first-order chi connectivity index (χ1) is 19.0. The first-order valence-electron chi connectivity index (χ1n) is 14.0. The highest BCUT2D eigenvalue weighted by molar-refractivity contribution is 7.92. The van der Waals surface area contributed by atoms with E-state index in [9.17, 15) is 18.3 Å². The van der Waals surface area contributed by atoms with Gasteiger partial charge in [0.05, 0.1) is 36.7 Å².